The number of para-hydroxylation sites is 1. The minimum Gasteiger partial charge on any atom is -0.456 e. The number of hydrogen-bond donors (Lipinski definition) is 0. The van der Waals surface area contributed by atoms with E-state index in [1.54, 1.807) is 7.11 Å². The Balaban J connectivity index is 1.52. The van der Waals surface area contributed by atoms with E-state index < -0.39 is 11.2 Å². The molecule has 33 heavy (non-hydrogen) atoms. The van der Waals surface area contributed by atoms with Crippen LogP contribution in [0.25, 0.3) is 55.0 Å². The number of hydrogen-bond acceptors (Lipinski definition) is 3. The summed E-state index contributed by atoms with van der Waals surface area (Å²) >= 11 is 0. The average Bonchev–Trinajstić information content (AvgIpc) is 3.35. The second-order valence-corrected chi connectivity index (χ2v) is 9.97. The zero-order valence-electron chi connectivity index (χ0n) is 19.8. The van der Waals surface area contributed by atoms with Crippen LogP contribution in [0, 0.1) is 0 Å². The third-order valence-electron chi connectivity index (χ3n) is 7.78. The highest BCUT2D eigenvalue weighted by Crippen LogP contribution is 2.51. The second-order valence-electron chi connectivity index (χ2n) is 9.97. The Bertz CT molecular complexity index is 1560. The van der Waals surface area contributed by atoms with Gasteiger partial charge < -0.3 is 13.8 Å². The SMILES string of the molecule is COC(C)(C)C(C)(C)OBc1ccc2c3c(cccc13)-c1c-2ccc2oc3ccccc3c12. The fraction of sp³-hybridized carbons (Fsp3) is 0.241. The molecule has 4 aromatic carbocycles. The lowest BCUT2D eigenvalue weighted by molar-refractivity contribution is -0.114. The van der Waals surface area contributed by atoms with Gasteiger partial charge >= 0.3 is 7.48 Å². The maximum Gasteiger partial charge on any atom is 0.310 e. The quantitative estimate of drug-likeness (QED) is 0.287. The molecular formula is C29H27BO3. The van der Waals surface area contributed by atoms with E-state index in [4.69, 9.17) is 13.8 Å². The van der Waals surface area contributed by atoms with E-state index >= 15 is 0 Å². The van der Waals surface area contributed by atoms with Crippen LogP contribution in [0.5, 0.6) is 0 Å². The molecule has 0 aliphatic heterocycles. The van der Waals surface area contributed by atoms with Crippen molar-refractivity contribution in [3.8, 4) is 22.3 Å². The van der Waals surface area contributed by atoms with Crippen LogP contribution in [0.1, 0.15) is 27.7 Å². The molecule has 0 fully saturated rings. The molecule has 0 saturated heterocycles. The van der Waals surface area contributed by atoms with Crippen LogP contribution >= 0.6 is 0 Å². The van der Waals surface area contributed by atoms with E-state index in [-0.39, 0.29) is 0 Å². The smallest absolute Gasteiger partial charge is 0.310 e. The van der Waals surface area contributed by atoms with E-state index in [0.717, 1.165) is 11.2 Å². The normalized spacial score (nSPS) is 13.2. The van der Waals surface area contributed by atoms with Gasteiger partial charge in [-0.25, -0.2) is 0 Å². The zero-order chi connectivity index (χ0) is 23.0. The Morgan fingerprint density at radius 1 is 0.667 bits per heavy atom. The summed E-state index contributed by atoms with van der Waals surface area (Å²) in [6, 6.07) is 23.7. The van der Waals surface area contributed by atoms with Gasteiger partial charge in [0.25, 0.3) is 0 Å². The molecule has 6 rings (SSSR count). The predicted molar refractivity (Wildman–Crippen MR) is 139 cm³/mol. The van der Waals surface area contributed by atoms with Gasteiger partial charge in [-0.1, -0.05) is 48.5 Å². The van der Waals surface area contributed by atoms with Gasteiger partial charge in [0, 0.05) is 23.4 Å². The van der Waals surface area contributed by atoms with Crippen molar-refractivity contribution in [2.24, 2.45) is 0 Å². The minimum absolute atomic E-state index is 0.397. The van der Waals surface area contributed by atoms with Gasteiger partial charge in [-0.3, -0.25) is 0 Å². The van der Waals surface area contributed by atoms with Crippen LogP contribution in [-0.4, -0.2) is 25.8 Å². The summed E-state index contributed by atoms with van der Waals surface area (Å²) in [5.41, 5.74) is 7.33. The molecule has 0 atom stereocenters. The van der Waals surface area contributed by atoms with Crippen LogP contribution in [0.4, 0.5) is 0 Å². The maximum atomic E-state index is 6.43. The summed E-state index contributed by atoms with van der Waals surface area (Å²) < 4.78 is 18.3. The number of ether oxygens (including phenoxy) is 1. The second kappa shape index (κ2) is 6.96. The molecule has 0 spiro atoms. The lowest BCUT2D eigenvalue weighted by atomic mass is 9.79. The standard InChI is InChI=1S/C29H27BO3/c1-28(2,31-5)29(3,4)33-30-22-15-13-17-18-14-16-24-27(20-9-6-7-12-23(20)32-24)26(18)21-11-8-10-19(22)25(17)21/h6-16,30H,1-5H3. The fourth-order valence-electron chi connectivity index (χ4n) is 5.02. The first-order valence-electron chi connectivity index (χ1n) is 11.5. The molecule has 3 nitrogen and oxygen atoms in total. The molecule has 0 N–H and O–H groups in total. The first-order chi connectivity index (χ1) is 15.8. The number of methoxy groups -OCH3 is 1. The molecular weight excluding hydrogens is 407 g/mol. The van der Waals surface area contributed by atoms with Crippen molar-refractivity contribution in [3.05, 3.63) is 66.7 Å². The lowest BCUT2D eigenvalue weighted by Crippen LogP contribution is -2.50. The Labute approximate surface area is 194 Å². The molecule has 4 heteroatoms. The Morgan fingerprint density at radius 3 is 2.24 bits per heavy atom. The van der Waals surface area contributed by atoms with Gasteiger partial charge in [-0.2, -0.15) is 0 Å². The molecule has 164 valence electrons. The summed E-state index contributed by atoms with van der Waals surface area (Å²) in [5.74, 6) is 0. The average molecular weight is 434 g/mol. The van der Waals surface area contributed by atoms with Gasteiger partial charge in [0.1, 0.15) is 11.2 Å². The summed E-state index contributed by atoms with van der Waals surface area (Å²) in [6.45, 7) is 8.32. The fourth-order valence-corrected chi connectivity index (χ4v) is 5.02. The first-order valence-corrected chi connectivity index (χ1v) is 11.5. The van der Waals surface area contributed by atoms with E-state index in [2.05, 4.69) is 82.3 Å². The van der Waals surface area contributed by atoms with E-state index in [0.29, 0.717) is 7.48 Å². The molecule has 1 aliphatic rings. The van der Waals surface area contributed by atoms with Crippen molar-refractivity contribution in [2.75, 3.05) is 7.11 Å². The number of fused-ring (bicyclic) bond motifs is 7. The topological polar surface area (TPSA) is 31.6 Å². The van der Waals surface area contributed by atoms with Crippen LogP contribution in [0.15, 0.2) is 71.1 Å². The maximum absolute atomic E-state index is 6.43. The third-order valence-corrected chi connectivity index (χ3v) is 7.78. The monoisotopic (exact) mass is 434 g/mol. The van der Waals surface area contributed by atoms with Gasteiger partial charge in [0.05, 0.1) is 11.2 Å². The van der Waals surface area contributed by atoms with Crippen LogP contribution < -0.4 is 5.46 Å². The summed E-state index contributed by atoms with van der Waals surface area (Å²) in [5, 5.41) is 4.91. The number of rotatable bonds is 5. The predicted octanol–water partition coefficient (Wildman–Crippen LogP) is 6.58. The molecule has 1 aromatic heterocycles. The van der Waals surface area contributed by atoms with Gasteiger partial charge in [0.15, 0.2) is 0 Å². The Kier molecular flexibility index (Phi) is 4.33. The molecule has 0 amide bonds. The Morgan fingerprint density at radius 2 is 1.42 bits per heavy atom. The van der Waals surface area contributed by atoms with Crippen molar-refractivity contribution < 1.29 is 13.8 Å². The van der Waals surface area contributed by atoms with Crippen molar-refractivity contribution in [1.29, 1.82) is 0 Å². The van der Waals surface area contributed by atoms with Gasteiger partial charge in [-0.05, 0) is 78.8 Å². The zero-order valence-corrected chi connectivity index (χ0v) is 19.8. The van der Waals surface area contributed by atoms with E-state index in [1.165, 1.54) is 49.3 Å². The minimum atomic E-state index is -0.435. The highest BCUT2D eigenvalue weighted by atomic mass is 16.5. The third kappa shape index (κ3) is 2.84. The first kappa shape index (κ1) is 20.5. The molecule has 0 radical (unpaired) electrons. The van der Waals surface area contributed by atoms with Crippen LogP contribution in [-0.2, 0) is 9.39 Å². The van der Waals surface area contributed by atoms with Crippen LogP contribution in [0.2, 0.25) is 0 Å². The van der Waals surface area contributed by atoms with Crippen molar-refractivity contribution in [2.45, 2.75) is 38.9 Å². The number of furan rings is 1. The largest absolute Gasteiger partial charge is 0.456 e. The van der Waals surface area contributed by atoms with Crippen molar-refractivity contribution in [1.82, 2.24) is 0 Å². The van der Waals surface area contributed by atoms with E-state index in [1.807, 2.05) is 12.1 Å². The highest BCUT2D eigenvalue weighted by Gasteiger charge is 2.38. The van der Waals surface area contributed by atoms with Crippen molar-refractivity contribution >= 4 is 45.7 Å². The van der Waals surface area contributed by atoms with Crippen molar-refractivity contribution in [3.63, 3.8) is 0 Å². The molecule has 5 aromatic rings. The number of benzene rings is 4. The summed E-state index contributed by atoms with van der Waals surface area (Å²) in [7, 11) is 2.27. The lowest BCUT2D eigenvalue weighted by Gasteiger charge is -2.40. The molecule has 0 bridgehead atoms. The summed E-state index contributed by atoms with van der Waals surface area (Å²) in [6.07, 6.45) is 0. The summed E-state index contributed by atoms with van der Waals surface area (Å²) in [4.78, 5) is 0. The Hall–Kier alpha value is -3.08. The molecule has 0 saturated carbocycles. The molecule has 0 unspecified atom stereocenters. The van der Waals surface area contributed by atoms with Gasteiger partial charge in [0.2, 0.25) is 0 Å². The molecule has 1 aliphatic carbocycles. The van der Waals surface area contributed by atoms with Crippen LogP contribution in [0.3, 0.4) is 0 Å². The molecule has 1 heterocycles. The van der Waals surface area contributed by atoms with Gasteiger partial charge in [-0.15, -0.1) is 0 Å². The van der Waals surface area contributed by atoms with E-state index in [9.17, 15) is 0 Å². The highest BCUT2D eigenvalue weighted by molar-refractivity contribution is 6.52.